The summed E-state index contributed by atoms with van der Waals surface area (Å²) in [6.07, 6.45) is 3.15. The van der Waals surface area contributed by atoms with E-state index in [1.807, 2.05) is 13.0 Å². The minimum Gasteiger partial charge on any atom is -0.324 e. The van der Waals surface area contributed by atoms with Crippen molar-refractivity contribution in [2.45, 2.75) is 39.2 Å². The summed E-state index contributed by atoms with van der Waals surface area (Å²) in [5, 5.41) is 0. The molecule has 2 N–H and O–H groups in total. The van der Waals surface area contributed by atoms with Crippen LogP contribution in [0.2, 0.25) is 0 Å². The van der Waals surface area contributed by atoms with Gasteiger partial charge in [-0.3, -0.25) is 0 Å². The highest BCUT2D eigenvalue weighted by Crippen LogP contribution is 2.19. The van der Waals surface area contributed by atoms with Gasteiger partial charge in [-0.1, -0.05) is 25.8 Å². The first-order valence-electron chi connectivity index (χ1n) is 5.16. The molecule has 0 aliphatic rings. The second-order valence-electron chi connectivity index (χ2n) is 3.81. The van der Waals surface area contributed by atoms with Gasteiger partial charge >= 0.3 is 0 Å². The Kier molecular flexibility index (Phi) is 4.08. The van der Waals surface area contributed by atoms with E-state index in [9.17, 15) is 4.39 Å². The van der Waals surface area contributed by atoms with Crippen LogP contribution in [0, 0.1) is 12.7 Å². The average molecular weight is 195 g/mol. The minimum atomic E-state index is -0.188. The van der Waals surface area contributed by atoms with E-state index in [1.54, 1.807) is 0 Å². The van der Waals surface area contributed by atoms with Crippen LogP contribution in [-0.2, 0) is 0 Å². The highest BCUT2D eigenvalue weighted by atomic mass is 19.1. The quantitative estimate of drug-likeness (QED) is 0.783. The molecule has 0 fully saturated rings. The molecule has 1 atom stereocenters. The molecule has 0 radical (unpaired) electrons. The predicted octanol–water partition coefficient (Wildman–Crippen LogP) is 3.32. The number of aryl methyl sites for hydroxylation is 1. The molecule has 0 amide bonds. The number of unbranched alkanes of at least 4 members (excludes halogenated alkanes) is 1. The number of rotatable bonds is 4. The summed E-state index contributed by atoms with van der Waals surface area (Å²) in [5.74, 6) is -0.188. The molecule has 1 aromatic rings. The first-order chi connectivity index (χ1) is 6.63. The molecule has 0 bridgehead atoms. The zero-order valence-electron chi connectivity index (χ0n) is 8.89. The molecule has 1 aromatic carbocycles. The number of benzene rings is 1. The summed E-state index contributed by atoms with van der Waals surface area (Å²) in [6.45, 7) is 4.02. The van der Waals surface area contributed by atoms with Gasteiger partial charge < -0.3 is 5.73 Å². The molecule has 2 heteroatoms. The van der Waals surface area contributed by atoms with Crippen LogP contribution in [0.3, 0.4) is 0 Å². The van der Waals surface area contributed by atoms with Crippen molar-refractivity contribution in [3.63, 3.8) is 0 Å². The SMILES string of the molecule is CCCC[C@H](N)c1cc(C)cc(F)c1. The lowest BCUT2D eigenvalue weighted by atomic mass is 10.0. The van der Waals surface area contributed by atoms with Gasteiger partial charge in [-0.2, -0.15) is 0 Å². The van der Waals surface area contributed by atoms with Gasteiger partial charge in [0.15, 0.2) is 0 Å². The zero-order chi connectivity index (χ0) is 10.6. The average Bonchev–Trinajstić information content (AvgIpc) is 2.12. The van der Waals surface area contributed by atoms with Crippen molar-refractivity contribution < 1.29 is 4.39 Å². The first kappa shape index (κ1) is 11.2. The highest BCUT2D eigenvalue weighted by Gasteiger charge is 2.06. The molecule has 0 heterocycles. The van der Waals surface area contributed by atoms with Crippen LogP contribution in [0.25, 0.3) is 0 Å². The van der Waals surface area contributed by atoms with E-state index < -0.39 is 0 Å². The summed E-state index contributed by atoms with van der Waals surface area (Å²) in [5.41, 5.74) is 7.80. The Bertz CT molecular complexity index is 276. The fraction of sp³-hybridized carbons (Fsp3) is 0.500. The molecule has 78 valence electrons. The molecule has 14 heavy (non-hydrogen) atoms. The Morgan fingerprint density at radius 2 is 2.07 bits per heavy atom. The second-order valence-corrected chi connectivity index (χ2v) is 3.81. The van der Waals surface area contributed by atoms with Crippen molar-refractivity contribution in [3.05, 3.63) is 35.1 Å². The maximum atomic E-state index is 13.1. The summed E-state index contributed by atoms with van der Waals surface area (Å²) in [6, 6.07) is 5.00. The summed E-state index contributed by atoms with van der Waals surface area (Å²) in [4.78, 5) is 0. The predicted molar refractivity (Wildman–Crippen MR) is 57.6 cm³/mol. The maximum absolute atomic E-state index is 13.1. The third kappa shape index (κ3) is 3.11. The van der Waals surface area contributed by atoms with Crippen LogP contribution in [0.5, 0.6) is 0 Å². The lowest BCUT2D eigenvalue weighted by Gasteiger charge is -2.12. The molecule has 0 aromatic heterocycles. The standard InChI is InChI=1S/C12H18FN/c1-3-4-5-12(14)10-6-9(2)7-11(13)8-10/h6-8,12H,3-5,14H2,1-2H3/t12-/m0/s1. The van der Waals surface area contributed by atoms with Crippen molar-refractivity contribution in [3.8, 4) is 0 Å². The molecule has 1 rings (SSSR count). The Morgan fingerprint density at radius 1 is 1.36 bits per heavy atom. The van der Waals surface area contributed by atoms with Crippen LogP contribution < -0.4 is 5.73 Å². The van der Waals surface area contributed by atoms with Gasteiger partial charge in [-0.25, -0.2) is 4.39 Å². The molecule has 0 spiro atoms. The van der Waals surface area contributed by atoms with Crippen LogP contribution >= 0.6 is 0 Å². The molecule has 0 saturated carbocycles. The molecular weight excluding hydrogens is 177 g/mol. The van der Waals surface area contributed by atoms with E-state index in [0.717, 1.165) is 30.4 Å². The summed E-state index contributed by atoms with van der Waals surface area (Å²) < 4.78 is 13.1. The van der Waals surface area contributed by atoms with E-state index in [0.29, 0.717) is 0 Å². The van der Waals surface area contributed by atoms with Gasteiger partial charge in [0.05, 0.1) is 0 Å². The summed E-state index contributed by atoms with van der Waals surface area (Å²) in [7, 11) is 0. The van der Waals surface area contributed by atoms with Crippen molar-refractivity contribution in [1.82, 2.24) is 0 Å². The third-order valence-corrected chi connectivity index (χ3v) is 2.36. The topological polar surface area (TPSA) is 26.0 Å². The van der Waals surface area contributed by atoms with Crippen molar-refractivity contribution in [2.24, 2.45) is 5.73 Å². The Labute approximate surface area is 85.1 Å². The highest BCUT2D eigenvalue weighted by molar-refractivity contribution is 5.25. The Hall–Kier alpha value is -0.890. The maximum Gasteiger partial charge on any atom is 0.123 e. The normalized spacial score (nSPS) is 12.9. The molecular formula is C12H18FN. The fourth-order valence-electron chi connectivity index (χ4n) is 1.57. The first-order valence-corrected chi connectivity index (χ1v) is 5.16. The molecule has 0 aliphatic heterocycles. The molecule has 0 aliphatic carbocycles. The smallest absolute Gasteiger partial charge is 0.123 e. The monoisotopic (exact) mass is 195 g/mol. The van der Waals surface area contributed by atoms with E-state index in [4.69, 9.17) is 5.73 Å². The van der Waals surface area contributed by atoms with E-state index in [1.165, 1.54) is 12.1 Å². The Morgan fingerprint density at radius 3 is 2.64 bits per heavy atom. The van der Waals surface area contributed by atoms with Gasteiger partial charge in [0.25, 0.3) is 0 Å². The van der Waals surface area contributed by atoms with Crippen LogP contribution in [0.15, 0.2) is 18.2 Å². The third-order valence-electron chi connectivity index (χ3n) is 2.36. The fourth-order valence-corrected chi connectivity index (χ4v) is 1.57. The Balaban J connectivity index is 2.73. The van der Waals surface area contributed by atoms with Gasteiger partial charge in [0.1, 0.15) is 5.82 Å². The van der Waals surface area contributed by atoms with Crippen molar-refractivity contribution in [2.75, 3.05) is 0 Å². The van der Waals surface area contributed by atoms with E-state index in [-0.39, 0.29) is 11.9 Å². The second kappa shape index (κ2) is 5.11. The van der Waals surface area contributed by atoms with Gasteiger partial charge in [0, 0.05) is 6.04 Å². The van der Waals surface area contributed by atoms with Gasteiger partial charge in [0.2, 0.25) is 0 Å². The number of nitrogens with two attached hydrogens (primary N) is 1. The van der Waals surface area contributed by atoms with E-state index in [2.05, 4.69) is 6.92 Å². The minimum absolute atomic E-state index is 0.0238. The molecule has 0 saturated heterocycles. The van der Waals surface area contributed by atoms with E-state index >= 15 is 0 Å². The number of hydrogen-bond donors (Lipinski definition) is 1. The molecule has 1 nitrogen and oxygen atoms in total. The zero-order valence-corrected chi connectivity index (χ0v) is 8.89. The molecule has 0 unspecified atom stereocenters. The van der Waals surface area contributed by atoms with Crippen molar-refractivity contribution >= 4 is 0 Å². The lowest BCUT2D eigenvalue weighted by molar-refractivity contribution is 0.587. The van der Waals surface area contributed by atoms with Crippen LogP contribution in [0.1, 0.15) is 43.4 Å². The summed E-state index contributed by atoms with van der Waals surface area (Å²) >= 11 is 0. The largest absolute Gasteiger partial charge is 0.324 e. The number of halogens is 1. The number of hydrogen-bond acceptors (Lipinski definition) is 1. The van der Waals surface area contributed by atoms with Crippen LogP contribution in [0.4, 0.5) is 4.39 Å². The van der Waals surface area contributed by atoms with Gasteiger partial charge in [-0.15, -0.1) is 0 Å². The van der Waals surface area contributed by atoms with Gasteiger partial charge in [-0.05, 0) is 36.6 Å². The van der Waals surface area contributed by atoms with Crippen LogP contribution in [-0.4, -0.2) is 0 Å². The van der Waals surface area contributed by atoms with Crippen molar-refractivity contribution in [1.29, 1.82) is 0 Å². The lowest BCUT2D eigenvalue weighted by Crippen LogP contribution is -2.10.